The molecule has 0 bridgehead atoms. The summed E-state index contributed by atoms with van der Waals surface area (Å²) in [5.74, 6) is -2.48. The molecule has 0 aliphatic carbocycles. The highest BCUT2D eigenvalue weighted by molar-refractivity contribution is 7.22. The maximum atomic E-state index is 13.4. The molecule has 0 saturated carbocycles. The number of Topliss-reactive ketones (excluding diaryl/α,β-unsaturated/α-hetero) is 1. The summed E-state index contributed by atoms with van der Waals surface area (Å²) in [4.78, 5) is 36.2. The molecule has 5 rings (SSSR count). The summed E-state index contributed by atoms with van der Waals surface area (Å²) in [6.45, 7) is 1.96. The van der Waals surface area contributed by atoms with Gasteiger partial charge in [-0.15, -0.1) is 0 Å². The molecule has 1 amide bonds. The van der Waals surface area contributed by atoms with Crippen molar-refractivity contribution in [2.45, 2.75) is 13.0 Å². The molecular formula is C24H16FN3O3S. The molecule has 0 radical (unpaired) electrons. The van der Waals surface area contributed by atoms with Crippen LogP contribution in [0, 0.1) is 12.7 Å². The van der Waals surface area contributed by atoms with E-state index in [1.165, 1.54) is 40.5 Å². The largest absolute Gasteiger partial charge is 0.507 e. The number of anilines is 1. The van der Waals surface area contributed by atoms with Crippen molar-refractivity contribution in [3.8, 4) is 0 Å². The molecule has 4 aromatic rings. The topological polar surface area (TPSA) is 83.4 Å². The molecule has 1 aliphatic heterocycles. The number of halogens is 1. The Labute approximate surface area is 186 Å². The number of thiazole rings is 1. The second kappa shape index (κ2) is 7.65. The molecule has 3 heterocycles. The number of aliphatic hydroxyl groups is 1. The van der Waals surface area contributed by atoms with Crippen molar-refractivity contribution in [3.63, 3.8) is 0 Å². The van der Waals surface area contributed by atoms with Gasteiger partial charge in [-0.1, -0.05) is 23.5 Å². The van der Waals surface area contributed by atoms with E-state index in [1.54, 1.807) is 24.5 Å². The summed E-state index contributed by atoms with van der Waals surface area (Å²) >= 11 is 1.29. The lowest BCUT2D eigenvalue weighted by molar-refractivity contribution is -0.132. The number of amides is 1. The molecule has 2 aromatic carbocycles. The summed E-state index contributed by atoms with van der Waals surface area (Å²) < 4.78 is 14.3. The number of aryl methyl sites for hydroxylation is 1. The quantitative estimate of drug-likeness (QED) is 0.279. The lowest BCUT2D eigenvalue weighted by Gasteiger charge is -2.22. The highest BCUT2D eigenvalue weighted by Gasteiger charge is 2.48. The van der Waals surface area contributed by atoms with Crippen molar-refractivity contribution in [1.29, 1.82) is 0 Å². The minimum absolute atomic E-state index is 0.0926. The highest BCUT2D eigenvalue weighted by atomic mass is 32.1. The van der Waals surface area contributed by atoms with Gasteiger partial charge >= 0.3 is 5.91 Å². The molecule has 0 unspecified atom stereocenters. The van der Waals surface area contributed by atoms with Gasteiger partial charge in [-0.3, -0.25) is 19.5 Å². The van der Waals surface area contributed by atoms with Crippen LogP contribution in [0.25, 0.3) is 16.0 Å². The fraction of sp³-hybridized carbons (Fsp3) is 0.0833. The van der Waals surface area contributed by atoms with Gasteiger partial charge in [-0.05, 0) is 60.5 Å². The SMILES string of the molecule is Cc1ccc2nc(N3C(=O)C(=O)C(=C(O)c4ccc(F)cc4)[C@H]3c3cccnc3)sc2c1. The summed E-state index contributed by atoms with van der Waals surface area (Å²) in [5, 5.41) is 11.3. The first-order valence-corrected chi connectivity index (χ1v) is 10.6. The number of carbonyl (C=O) groups excluding carboxylic acids is 2. The number of ketones is 1. The fourth-order valence-electron chi connectivity index (χ4n) is 3.77. The number of hydrogen-bond acceptors (Lipinski definition) is 6. The van der Waals surface area contributed by atoms with Gasteiger partial charge in [-0.2, -0.15) is 0 Å². The molecule has 8 heteroatoms. The molecule has 0 spiro atoms. The van der Waals surface area contributed by atoms with Crippen LogP contribution in [-0.2, 0) is 9.59 Å². The highest BCUT2D eigenvalue weighted by Crippen LogP contribution is 2.44. The van der Waals surface area contributed by atoms with Gasteiger partial charge in [0, 0.05) is 18.0 Å². The summed E-state index contributed by atoms with van der Waals surface area (Å²) in [6.07, 6.45) is 3.12. The minimum atomic E-state index is -0.921. The van der Waals surface area contributed by atoms with E-state index in [4.69, 9.17) is 0 Å². The molecule has 1 aliphatic rings. The average Bonchev–Trinajstić information content (AvgIpc) is 3.32. The van der Waals surface area contributed by atoms with E-state index in [-0.39, 0.29) is 16.9 Å². The number of aliphatic hydroxyl groups excluding tert-OH is 1. The number of hydrogen-bond donors (Lipinski definition) is 1. The number of carbonyl (C=O) groups is 2. The number of pyridine rings is 1. The van der Waals surface area contributed by atoms with Crippen molar-refractivity contribution in [2.24, 2.45) is 0 Å². The third kappa shape index (κ3) is 3.25. The lowest BCUT2D eigenvalue weighted by Crippen LogP contribution is -2.29. The predicted molar refractivity (Wildman–Crippen MR) is 120 cm³/mol. The van der Waals surface area contributed by atoms with Crippen molar-refractivity contribution in [2.75, 3.05) is 4.90 Å². The van der Waals surface area contributed by atoms with Gasteiger partial charge < -0.3 is 5.11 Å². The maximum Gasteiger partial charge on any atom is 0.301 e. The second-order valence-corrected chi connectivity index (χ2v) is 8.44. The number of aromatic nitrogens is 2. The zero-order valence-electron chi connectivity index (χ0n) is 16.8. The second-order valence-electron chi connectivity index (χ2n) is 7.43. The van der Waals surface area contributed by atoms with E-state index in [9.17, 15) is 19.1 Å². The molecule has 2 aromatic heterocycles. The van der Waals surface area contributed by atoms with Crippen LogP contribution in [0.3, 0.4) is 0 Å². The van der Waals surface area contributed by atoms with Crippen LogP contribution in [0.15, 0.2) is 72.6 Å². The van der Waals surface area contributed by atoms with Gasteiger partial charge in [0.1, 0.15) is 11.6 Å². The standard InChI is InChI=1S/C24H16FN3O3S/c1-13-4-9-17-18(11-13)32-24(27-17)28-20(15-3-2-10-26-12-15)19(22(30)23(28)31)21(29)14-5-7-16(25)8-6-14/h2-12,20,29H,1H3/t20-/m1/s1. The Morgan fingerprint density at radius 2 is 1.91 bits per heavy atom. The third-order valence-electron chi connectivity index (χ3n) is 5.30. The number of nitrogens with zero attached hydrogens (tertiary/aromatic N) is 3. The molecular weight excluding hydrogens is 429 g/mol. The van der Waals surface area contributed by atoms with E-state index in [2.05, 4.69) is 9.97 Å². The van der Waals surface area contributed by atoms with Gasteiger partial charge in [0.15, 0.2) is 5.13 Å². The fourth-order valence-corrected chi connectivity index (χ4v) is 4.86. The Morgan fingerprint density at radius 3 is 2.62 bits per heavy atom. The predicted octanol–water partition coefficient (Wildman–Crippen LogP) is 4.77. The van der Waals surface area contributed by atoms with Crippen LogP contribution >= 0.6 is 11.3 Å². The molecule has 158 valence electrons. The monoisotopic (exact) mass is 445 g/mol. The van der Waals surface area contributed by atoms with Crippen molar-refractivity contribution in [3.05, 3.63) is 95.1 Å². The van der Waals surface area contributed by atoms with Crippen LogP contribution in [0.1, 0.15) is 22.7 Å². The molecule has 1 fully saturated rings. The Hall–Kier alpha value is -3.91. The van der Waals surface area contributed by atoms with Crippen LogP contribution in [0.5, 0.6) is 0 Å². The first kappa shape index (κ1) is 20.0. The van der Waals surface area contributed by atoms with Crippen LogP contribution in [0.2, 0.25) is 0 Å². The van der Waals surface area contributed by atoms with Crippen molar-refractivity contribution < 1.29 is 19.1 Å². The van der Waals surface area contributed by atoms with Gasteiger partial charge in [0.05, 0.1) is 21.8 Å². The van der Waals surface area contributed by atoms with Gasteiger partial charge in [0.25, 0.3) is 5.78 Å². The van der Waals surface area contributed by atoms with Crippen LogP contribution in [0.4, 0.5) is 9.52 Å². The van der Waals surface area contributed by atoms with Crippen LogP contribution in [-0.4, -0.2) is 26.8 Å². The molecule has 32 heavy (non-hydrogen) atoms. The number of rotatable bonds is 3. The summed E-state index contributed by atoms with van der Waals surface area (Å²) in [7, 11) is 0. The average molecular weight is 445 g/mol. The number of benzene rings is 2. The zero-order valence-corrected chi connectivity index (χ0v) is 17.6. The molecule has 1 N–H and O–H groups in total. The Kier molecular flexibility index (Phi) is 4.79. The molecule has 1 atom stereocenters. The summed E-state index contributed by atoms with van der Waals surface area (Å²) in [5.41, 5.74) is 2.45. The van der Waals surface area contributed by atoms with Crippen LogP contribution < -0.4 is 4.90 Å². The zero-order chi connectivity index (χ0) is 22.4. The molecule has 6 nitrogen and oxygen atoms in total. The van der Waals surface area contributed by atoms with E-state index in [0.717, 1.165) is 10.3 Å². The first-order valence-electron chi connectivity index (χ1n) is 9.78. The Bertz CT molecular complexity index is 1400. The lowest BCUT2D eigenvalue weighted by atomic mass is 9.96. The van der Waals surface area contributed by atoms with Gasteiger partial charge in [-0.25, -0.2) is 9.37 Å². The van der Waals surface area contributed by atoms with E-state index < -0.39 is 23.5 Å². The van der Waals surface area contributed by atoms with E-state index in [1.807, 2.05) is 25.1 Å². The maximum absolute atomic E-state index is 13.4. The van der Waals surface area contributed by atoms with E-state index >= 15 is 0 Å². The van der Waals surface area contributed by atoms with Crippen molar-refractivity contribution >= 4 is 44.1 Å². The number of fused-ring (bicyclic) bond motifs is 1. The Balaban J connectivity index is 1.72. The molecule has 1 saturated heterocycles. The Morgan fingerprint density at radius 1 is 1.12 bits per heavy atom. The van der Waals surface area contributed by atoms with Gasteiger partial charge in [0.2, 0.25) is 0 Å². The minimum Gasteiger partial charge on any atom is -0.507 e. The first-order chi connectivity index (χ1) is 15.4. The normalized spacial score (nSPS) is 17.9. The van der Waals surface area contributed by atoms with E-state index in [0.29, 0.717) is 16.2 Å². The summed E-state index contributed by atoms with van der Waals surface area (Å²) in [6, 6.07) is 13.3. The van der Waals surface area contributed by atoms with Crippen molar-refractivity contribution in [1.82, 2.24) is 9.97 Å². The third-order valence-corrected chi connectivity index (χ3v) is 6.32. The smallest absolute Gasteiger partial charge is 0.301 e.